The van der Waals surface area contributed by atoms with Gasteiger partial charge >= 0.3 is 6.09 Å². The third-order valence-corrected chi connectivity index (χ3v) is 4.02. The van der Waals surface area contributed by atoms with Gasteiger partial charge in [-0.15, -0.1) is 5.10 Å². The summed E-state index contributed by atoms with van der Waals surface area (Å²) < 4.78 is 11.7. The zero-order chi connectivity index (χ0) is 21.9. The molecule has 30 heavy (non-hydrogen) atoms. The summed E-state index contributed by atoms with van der Waals surface area (Å²) in [5.74, 6) is 1.21. The number of methoxy groups -OCH3 is 1. The highest BCUT2D eigenvalue weighted by atomic mass is 16.6. The lowest BCUT2D eigenvalue weighted by Gasteiger charge is -2.19. The van der Waals surface area contributed by atoms with E-state index >= 15 is 0 Å². The Morgan fingerprint density at radius 3 is 2.47 bits per heavy atom. The number of benzene rings is 1. The van der Waals surface area contributed by atoms with Gasteiger partial charge in [0.2, 0.25) is 5.78 Å². The number of nitrogens with one attached hydrogen (secondary N) is 1. The second-order valence-corrected chi connectivity index (χ2v) is 7.66. The number of hydrogen-bond acceptors (Lipinski definition) is 7. The van der Waals surface area contributed by atoms with Gasteiger partial charge in [0.05, 0.1) is 7.11 Å². The summed E-state index contributed by atoms with van der Waals surface area (Å²) in [6.45, 7) is 7.12. The monoisotopic (exact) mass is 408 g/mol. The van der Waals surface area contributed by atoms with Crippen LogP contribution in [0.1, 0.15) is 42.5 Å². The van der Waals surface area contributed by atoms with Crippen LogP contribution in [-0.4, -0.2) is 39.4 Å². The van der Waals surface area contributed by atoms with Gasteiger partial charge in [0.1, 0.15) is 22.9 Å². The number of nitrogens with zero attached hydrogens (tertiary/aromatic N) is 3. The Labute approximate surface area is 174 Å². The molecule has 0 aliphatic rings. The number of rotatable bonds is 5. The SMILES string of the molecule is COc1cccc(C(=O)c2cccc(Nc3cc(C)n(C(=O)OC(C)(C)C)n3)n2)c1. The van der Waals surface area contributed by atoms with Crippen LogP contribution < -0.4 is 10.1 Å². The first-order valence-electron chi connectivity index (χ1n) is 9.39. The molecule has 1 aromatic carbocycles. The molecule has 0 atom stereocenters. The number of pyridine rings is 1. The lowest BCUT2D eigenvalue weighted by molar-refractivity contribution is 0.0511. The standard InChI is InChI=1S/C22H24N4O4/c1-14-12-19(25-26(14)21(28)30-22(2,3)4)24-18-11-7-10-17(23-18)20(27)15-8-6-9-16(13-15)29-5/h6-13H,1-5H3,(H,23,24,25). The highest BCUT2D eigenvalue weighted by Crippen LogP contribution is 2.19. The molecule has 0 saturated heterocycles. The van der Waals surface area contributed by atoms with Crippen molar-refractivity contribution in [2.75, 3.05) is 12.4 Å². The number of aromatic nitrogens is 3. The predicted octanol–water partition coefficient (Wildman–Crippen LogP) is 4.35. The van der Waals surface area contributed by atoms with Gasteiger partial charge in [-0.2, -0.15) is 4.68 Å². The molecular formula is C22H24N4O4. The zero-order valence-electron chi connectivity index (χ0n) is 17.6. The second-order valence-electron chi connectivity index (χ2n) is 7.66. The Morgan fingerprint density at radius 1 is 1.03 bits per heavy atom. The van der Waals surface area contributed by atoms with Crippen molar-refractivity contribution in [3.63, 3.8) is 0 Å². The van der Waals surface area contributed by atoms with E-state index in [0.717, 1.165) is 0 Å². The molecule has 0 fully saturated rings. The summed E-state index contributed by atoms with van der Waals surface area (Å²) in [4.78, 5) is 29.4. The fraction of sp³-hybridized carbons (Fsp3) is 0.273. The molecule has 8 heteroatoms. The van der Waals surface area contributed by atoms with E-state index in [2.05, 4.69) is 15.4 Å². The van der Waals surface area contributed by atoms with E-state index in [0.29, 0.717) is 28.6 Å². The van der Waals surface area contributed by atoms with Crippen molar-refractivity contribution in [3.05, 3.63) is 65.5 Å². The minimum Gasteiger partial charge on any atom is -0.497 e. The van der Waals surface area contributed by atoms with E-state index in [1.54, 1.807) is 83.3 Å². The second kappa shape index (κ2) is 8.36. The summed E-state index contributed by atoms with van der Waals surface area (Å²) in [7, 11) is 1.55. The molecule has 0 unspecified atom stereocenters. The van der Waals surface area contributed by atoms with Crippen molar-refractivity contribution in [3.8, 4) is 5.75 Å². The van der Waals surface area contributed by atoms with E-state index in [9.17, 15) is 9.59 Å². The molecule has 2 heterocycles. The van der Waals surface area contributed by atoms with Crippen molar-refractivity contribution in [1.82, 2.24) is 14.8 Å². The molecule has 3 aromatic rings. The Morgan fingerprint density at radius 2 is 1.77 bits per heavy atom. The van der Waals surface area contributed by atoms with E-state index < -0.39 is 11.7 Å². The van der Waals surface area contributed by atoms with E-state index in [-0.39, 0.29) is 11.5 Å². The van der Waals surface area contributed by atoms with Gasteiger partial charge < -0.3 is 14.8 Å². The number of carbonyl (C=O) groups excluding carboxylic acids is 2. The molecule has 0 spiro atoms. The van der Waals surface area contributed by atoms with Gasteiger partial charge in [0.15, 0.2) is 5.82 Å². The molecule has 1 N–H and O–H groups in total. The maximum absolute atomic E-state index is 12.8. The predicted molar refractivity (Wildman–Crippen MR) is 113 cm³/mol. The van der Waals surface area contributed by atoms with Gasteiger partial charge in [0.25, 0.3) is 0 Å². The highest BCUT2D eigenvalue weighted by Gasteiger charge is 2.20. The third-order valence-electron chi connectivity index (χ3n) is 4.02. The normalized spacial score (nSPS) is 11.1. The van der Waals surface area contributed by atoms with Crippen LogP contribution in [0.25, 0.3) is 0 Å². The molecule has 156 valence electrons. The molecule has 0 bridgehead atoms. The minimum absolute atomic E-state index is 0.229. The van der Waals surface area contributed by atoms with E-state index in [1.165, 1.54) is 4.68 Å². The summed E-state index contributed by atoms with van der Waals surface area (Å²) in [5.41, 5.74) is 0.732. The number of carbonyl (C=O) groups is 2. The maximum atomic E-state index is 12.8. The average molecular weight is 408 g/mol. The first-order chi connectivity index (χ1) is 14.2. The van der Waals surface area contributed by atoms with Crippen LogP contribution in [0.5, 0.6) is 5.75 Å². The van der Waals surface area contributed by atoms with Crippen LogP contribution >= 0.6 is 0 Å². The number of ketones is 1. The molecule has 0 aliphatic carbocycles. The first kappa shape index (κ1) is 21.0. The zero-order valence-corrected chi connectivity index (χ0v) is 17.6. The van der Waals surface area contributed by atoms with Crippen molar-refractivity contribution >= 4 is 23.5 Å². The van der Waals surface area contributed by atoms with Gasteiger partial charge in [-0.05, 0) is 52.0 Å². The summed E-state index contributed by atoms with van der Waals surface area (Å²) >= 11 is 0. The molecule has 0 amide bonds. The van der Waals surface area contributed by atoms with Crippen molar-refractivity contribution < 1.29 is 19.1 Å². The third kappa shape index (κ3) is 5.02. The molecule has 0 aliphatic heterocycles. The highest BCUT2D eigenvalue weighted by molar-refractivity contribution is 6.08. The lowest BCUT2D eigenvalue weighted by Crippen LogP contribution is -2.28. The van der Waals surface area contributed by atoms with Gasteiger partial charge in [-0.1, -0.05) is 18.2 Å². The molecule has 0 radical (unpaired) electrons. The summed E-state index contributed by atoms with van der Waals surface area (Å²) in [6, 6.07) is 13.7. The molecule has 8 nitrogen and oxygen atoms in total. The largest absolute Gasteiger partial charge is 0.497 e. The van der Waals surface area contributed by atoms with Gasteiger partial charge in [0, 0.05) is 17.3 Å². The lowest BCUT2D eigenvalue weighted by atomic mass is 10.1. The van der Waals surface area contributed by atoms with Crippen molar-refractivity contribution in [2.24, 2.45) is 0 Å². The Balaban J connectivity index is 1.79. The molecule has 0 saturated carbocycles. The topological polar surface area (TPSA) is 95.3 Å². The van der Waals surface area contributed by atoms with Gasteiger partial charge in [-0.3, -0.25) is 4.79 Å². The summed E-state index contributed by atoms with van der Waals surface area (Å²) in [6.07, 6.45) is -0.567. The number of hydrogen-bond donors (Lipinski definition) is 1. The number of ether oxygens (including phenoxy) is 2. The number of anilines is 2. The fourth-order valence-electron chi connectivity index (χ4n) is 2.70. The van der Waals surface area contributed by atoms with Crippen LogP contribution in [0.15, 0.2) is 48.5 Å². The number of aryl methyl sites for hydroxylation is 1. The average Bonchev–Trinajstić information content (AvgIpc) is 3.06. The van der Waals surface area contributed by atoms with Crippen LogP contribution in [0.4, 0.5) is 16.4 Å². The fourth-order valence-corrected chi connectivity index (χ4v) is 2.70. The molecule has 3 rings (SSSR count). The molecule has 2 aromatic heterocycles. The van der Waals surface area contributed by atoms with Crippen LogP contribution in [-0.2, 0) is 4.74 Å². The van der Waals surface area contributed by atoms with Crippen LogP contribution in [0, 0.1) is 6.92 Å². The van der Waals surface area contributed by atoms with Gasteiger partial charge in [-0.25, -0.2) is 9.78 Å². The van der Waals surface area contributed by atoms with Crippen molar-refractivity contribution in [1.29, 1.82) is 0 Å². The Hall–Kier alpha value is -3.68. The minimum atomic E-state index is -0.626. The maximum Gasteiger partial charge on any atom is 0.435 e. The Kier molecular flexibility index (Phi) is 5.86. The van der Waals surface area contributed by atoms with E-state index in [4.69, 9.17) is 9.47 Å². The first-order valence-corrected chi connectivity index (χ1v) is 9.39. The van der Waals surface area contributed by atoms with Crippen molar-refractivity contribution in [2.45, 2.75) is 33.3 Å². The molecular weight excluding hydrogens is 384 g/mol. The smallest absolute Gasteiger partial charge is 0.435 e. The summed E-state index contributed by atoms with van der Waals surface area (Å²) in [5, 5.41) is 7.26. The quantitative estimate of drug-likeness (QED) is 0.627. The Bertz CT molecular complexity index is 1080. The van der Waals surface area contributed by atoms with E-state index in [1.807, 2.05) is 0 Å². The van der Waals surface area contributed by atoms with Crippen LogP contribution in [0.3, 0.4) is 0 Å². The van der Waals surface area contributed by atoms with Crippen LogP contribution in [0.2, 0.25) is 0 Å².